The summed E-state index contributed by atoms with van der Waals surface area (Å²) in [6.07, 6.45) is 10.1. The zero-order chi connectivity index (χ0) is 14.0. The third kappa shape index (κ3) is 2.50. The molecule has 0 radical (unpaired) electrons. The van der Waals surface area contributed by atoms with Gasteiger partial charge in [0.2, 0.25) is 0 Å². The van der Waals surface area contributed by atoms with E-state index in [-0.39, 0.29) is 5.41 Å². The first-order chi connectivity index (χ1) is 9.75. The molecule has 0 unspecified atom stereocenters. The molecule has 1 aromatic heterocycles. The standard InChI is InChI=1S/C16H28N4/c1-3-8-16(9-11-17-12-10-16)15-18-14(19-20(15)2)13-6-4-5-7-13/h13,17H,3-12H2,1-2H3. The number of rotatable bonds is 4. The highest BCUT2D eigenvalue weighted by atomic mass is 15.3. The van der Waals surface area contributed by atoms with E-state index < -0.39 is 0 Å². The van der Waals surface area contributed by atoms with Crippen LogP contribution in [0.1, 0.15) is 75.9 Å². The molecule has 1 saturated carbocycles. The fourth-order valence-electron chi connectivity index (χ4n) is 4.19. The van der Waals surface area contributed by atoms with Crippen molar-refractivity contribution in [1.29, 1.82) is 0 Å². The predicted octanol–water partition coefficient (Wildman–Crippen LogP) is 2.89. The summed E-state index contributed by atoms with van der Waals surface area (Å²) in [4.78, 5) is 5.03. The second kappa shape index (κ2) is 5.84. The first-order valence-corrected chi connectivity index (χ1v) is 8.37. The van der Waals surface area contributed by atoms with Gasteiger partial charge in [0.05, 0.1) is 0 Å². The Morgan fingerprint density at radius 2 is 1.95 bits per heavy atom. The Balaban J connectivity index is 1.90. The number of hydrogen-bond donors (Lipinski definition) is 1. The van der Waals surface area contributed by atoms with Gasteiger partial charge in [0.15, 0.2) is 5.82 Å². The third-order valence-electron chi connectivity index (χ3n) is 5.26. The molecular formula is C16H28N4. The largest absolute Gasteiger partial charge is 0.317 e. The third-order valence-corrected chi connectivity index (χ3v) is 5.26. The molecule has 1 saturated heterocycles. The van der Waals surface area contributed by atoms with Gasteiger partial charge < -0.3 is 5.32 Å². The minimum atomic E-state index is 0.263. The van der Waals surface area contributed by atoms with E-state index in [1.54, 1.807) is 0 Å². The van der Waals surface area contributed by atoms with Gasteiger partial charge in [-0.25, -0.2) is 4.98 Å². The summed E-state index contributed by atoms with van der Waals surface area (Å²) in [5.74, 6) is 2.99. The Morgan fingerprint density at radius 1 is 1.25 bits per heavy atom. The summed E-state index contributed by atoms with van der Waals surface area (Å²) in [6.45, 7) is 4.52. The highest BCUT2D eigenvalue weighted by molar-refractivity contribution is 5.13. The SMILES string of the molecule is CCCC1(c2nc(C3CCCC3)nn2C)CCNCC1. The lowest BCUT2D eigenvalue weighted by Crippen LogP contribution is -2.41. The van der Waals surface area contributed by atoms with Gasteiger partial charge in [0.25, 0.3) is 0 Å². The van der Waals surface area contributed by atoms with Crippen molar-refractivity contribution in [3.63, 3.8) is 0 Å². The summed E-state index contributed by atoms with van der Waals surface area (Å²) >= 11 is 0. The van der Waals surface area contributed by atoms with E-state index in [9.17, 15) is 0 Å². The molecule has 1 N–H and O–H groups in total. The fraction of sp³-hybridized carbons (Fsp3) is 0.875. The normalized spacial score (nSPS) is 23.3. The Kier molecular flexibility index (Phi) is 4.11. The van der Waals surface area contributed by atoms with E-state index in [0.717, 1.165) is 18.9 Å². The van der Waals surface area contributed by atoms with Crippen molar-refractivity contribution in [3.05, 3.63) is 11.6 Å². The quantitative estimate of drug-likeness (QED) is 0.919. The lowest BCUT2D eigenvalue weighted by Gasteiger charge is -2.36. The molecular weight excluding hydrogens is 248 g/mol. The van der Waals surface area contributed by atoms with Crippen LogP contribution in [0.5, 0.6) is 0 Å². The molecule has 4 heteroatoms. The van der Waals surface area contributed by atoms with Gasteiger partial charge in [0.1, 0.15) is 5.82 Å². The van der Waals surface area contributed by atoms with Crippen LogP contribution < -0.4 is 5.32 Å². The van der Waals surface area contributed by atoms with Crippen LogP contribution in [-0.2, 0) is 12.5 Å². The summed E-state index contributed by atoms with van der Waals surface area (Å²) in [7, 11) is 2.10. The molecule has 2 aliphatic rings. The maximum absolute atomic E-state index is 5.03. The second-order valence-electron chi connectivity index (χ2n) is 6.68. The predicted molar refractivity (Wildman–Crippen MR) is 80.9 cm³/mol. The smallest absolute Gasteiger partial charge is 0.154 e. The van der Waals surface area contributed by atoms with Gasteiger partial charge in [-0.3, -0.25) is 4.68 Å². The molecule has 1 aromatic rings. The molecule has 0 amide bonds. The molecule has 1 aliphatic heterocycles. The van der Waals surface area contributed by atoms with Crippen molar-refractivity contribution < 1.29 is 0 Å². The lowest BCUT2D eigenvalue weighted by atomic mass is 9.74. The summed E-state index contributed by atoms with van der Waals surface area (Å²) < 4.78 is 2.09. The zero-order valence-electron chi connectivity index (χ0n) is 13.0. The van der Waals surface area contributed by atoms with Gasteiger partial charge in [-0.2, -0.15) is 5.10 Å². The Hall–Kier alpha value is -0.900. The molecule has 3 rings (SSSR count). The van der Waals surface area contributed by atoms with Gasteiger partial charge in [-0.15, -0.1) is 0 Å². The summed E-state index contributed by atoms with van der Waals surface area (Å²) in [5, 5.41) is 8.27. The van der Waals surface area contributed by atoms with Gasteiger partial charge in [-0.05, 0) is 45.2 Å². The van der Waals surface area contributed by atoms with E-state index >= 15 is 0 Å². The average Bonchev–Trinajstić information content (AvgIpc) is 3.09. The number of hydrogen-bond acceptors (Lipinski definition) is 3. The van der Waals surface area contributed by atoms with Crippen molar-refractivity contribution >= 4 is 0 Å². The first kappa shape index (κ1) is 14.1. The molecule has 0 bridgehead atoms. The minimum absolute atomic E-state index is 0.263. The van der Waals surface area contributed by atoms with E-state index in [0.29, 0.717) is 5.92 Å². The lowest BCUT2D eigenvalue weighted by molar-refractivity contribution is 0.262. The average molecular weight is 276 g/mol. The molecule has 2 heterocycles. The van der Waals surface area contributed by atoms with Crippen LogP contribution in [0.15, 0.2) is 0 Å². The van der Waals surface area contributed by atoms with Gasteiger partial charge >= 0.3 is 0 Å². The zero-order valence-corrected chi connectivity index (χ0v) is 13.0. The molecule has 112 valence electrons. The van der Waals surface area contributed by atoms with Gasteiger partial charge in [0, 0.05) is 18.4 Å². The van der Waals surface area contributed by atoms with E-state index in [1.165, 1.54) is 57.2 Å². The van der Waals surface area contributed by atoms with Crippen molar-refractivity contribution in [3.8, 4) is 0 Å². The second-order valence-corrected chi connectivity index (χ2v) is 6.68. The first-order valence-electron chi connectivity index (χ1n) is 8.37. The van der Waals surface area contributed by atoms with Crippen molar-refractivity contribution in [2.75, 3.05) is 13.1 Å². The molecule has 0 aromatic carbocycles. The van der Waals surface area contributed by atoms with Crippen LogP contribution in [0.4, 0.5) is 0 Å². The fourth-order valence-corrected chi connectivity index (χ4v) is 4.19. The van der Waals surface area contributed by atoms with Crippen LogP contribution in [0.25, 0.3) is 0 Å². The van der Waals surface area contributed by atoms with Crippen LogP contribution in [-0.4, -0.2) is 27.9 Å². The molecule has 0 spiro atoms. The highest BCUT2D eigenvalue weighted by Gasteiger charge is 2.38. The number of nitrogens with zero attached hydrogens (tertiary/aromatic N) is 3. The van der Waals surface area contributed by atoms with Crippen LogP contribution in [0, 0.1) is 0 Å². The van der Waals surface area contributed by atoms with Crippen LogP contribution in [0.3, 0.4) is 0 Å². The number of aryl methyl sites for hydroxylation is 1. The maximum Gasteiger partial charge on any atom is 0.154 e. The van der Waals surface area contributed by atoms with Crippen molar-refractivity contribution in [2.24, 2.45) is 7.05 Å². The number of nitrogens with one attached hydrogen (secondary N) is 1. The molecule has 2 fully saturated rings. The van der Waals surface area contributed by atoms with Gasteiger partial charge in [-0.1, -0.05) is 26.2 Å². The van der Waals surface area contributed by atoms with E-state index in [1.807, 2.05) is 0 Å². The van der Waals surface area contributed by atoms with E-state index in [4.69, 9.17) is 10.1 Å². The maximum atomic E-state index is 5.03. The molecule has 20 heavy (non-hydrogen) atoms. The number of piperidine rings is 1. The molecule has 0 atom stereocenters. The van der Waals surface area contributed by atoms with Crippen LogP contribution in [0.2, 0.25) is 0 Å². The van der Waals surface area contributed by atoms with Crippen molar-refractivity contribution in [1.82, 2.24) is 20.1 Å². The molecule has 1 aliphatic carbocycles. The monoisotopic (exact) mass is 276 g/mol. The summed E-state index contributed by atoms with van der Waals surface area (Å²) in [5.41, 5.74) is 0.263. The Bertz CT molecular complexity index is 434. The Labute approximate surface area is 122 Å². The minimum Gasteiger partial charge on any atom is -0.317 e. The topological polar surface area (TPSA) is 42.7 Å². The highest BCUT2D eigenvalue weighted by Crippen LogP contribution is 2.38. The number of aromatic nitrogens is 3. The van der Waals surface area contributed by atoms with Crippen LogP contribution >= 0.6 is 0 Å². The molecule has 4 nitrogen and oxygen atoms in total. The van der Waals surface area contributed by atoms with Crippen molar-refractivity contribution in [2.45, 2.75) is 69.6 Å². The summed E-state index contributed by atoms with van der Waals surface area (Å²) in [6, 6.07) is 0. The van der Waals surface area contributed by atoms with E-state index in [2.05, 4.69) is 24.0 Å². The Morgan fingerprint density at radius 3 is 2.60 bits per heavy atom.